The van der Waals surface area contributed by atoms with Gasteiger partial charge in [0.05, 0.1) is 16.8 Å². The molecule has 0 radical (unpaired) electrons. The van der Waals surface area contributed by atoms with Gasteiger partial charge in [-0.15, -0.1) is 10.2 Å². The van der Waals surface area contributed by atoms with E-state index >= 15 is 0 Å². The lowest BCUT2D eigenvalue weighted by Crippen LogP contribution is -2.37. The lowest BCUT2D eigenvalue weighted by Gasteiger charge is -2.19. The van der Waals surface area contributed by atoms with Crippen LogP contribution in [-0.4, -0.2) is 56.6 Å². The van der Waals surface area contributed by atoms with E-state index in [1.807, 2.05) is 6.07 Å². The van der Waals surface area contributed by atoms with Crippen LogP contribution in [0.2, 0.25) is 0 Å². The van der Waals surface area contributed by atoms with Crippen LogP contribution in [0.25, 0.3) is 22.5 Å². The zero-order valence-electron chi connectivity index (χ0n) is 17.0. The number of benzene rings is 2. The molecular weight excluding hydrogens is 470 g/mol. The van der Waals surface area contributed by atoms with Crippen LogP contribution in [0.3, 0.4) is 0 Å². The predicted octanol–water partition coefficient (Wildman–Crippen LogP) is -0.725. The number of H-pyrrole nitrogens is 1. The largest absolute Gasteiger partial charge is 0.397 e. The number of nitrogen functional groups attached to an aromatic ring is 1. The molecule has 4 rings (SSSR count). The quantitative estimate of drug-likeness (QED) is 0.273. The molecule has 172 valence electrons. The molecule has 1 aliphatic rings. The van der Waals surface area contributed by atoms with E-state index in [1.165, 1.54) is 12.1 Å². The topological polar surface area (TPSA) is 223 Å². The molecule has 0 bridgehead atoms. The fourth-order valence-corrected chi connectivity index (χ4v) is 6.58. The Morgan fingerprint density at radius 1 is 1.15 bits per heavy atom. The summed E-state index contributed by atoms with van der Waals surface area (Å²) in [5.74, 6) is -0.213. The van der Waals surface area contributed by atoms with Crippen LogP contribution in [0.5, 0.6) is 0 Å². The van der Waals surface area contributed by atoms with Gasteiger partial charge in [-0.1, -0.05) is 18.2 Å². The van der Waals surface area contributed by atoms with Gasteiger partial charge in [-0.25, -0.2) is 26.7 Å². The van der Waals surface area contributed by atoms with Gasteiger partial charge in [0.2, 0.25) is 25.9 Å². The zero-order chi connectivity index (χ0) is 23.8. The van der Waals surface area contributed by atoms with Crippen molar-refractivity contribution in [2.75, 3.05) is 18.8 Å². The Labute approximate surface area is 189 Å². The molecule has 1 aliphatic heterocycles. The van der Waals surface area contributed by atoms with Gasteiger partial charge in [0.15, 0.2) is 0 Å². The van der Waals surface area contributed by atoms with Crippen molar-refractivity contribution in [1.82, 2.24) is 30.7 Å². The monoisotopic (exact) mass is 489 g/mol. The van der Waals surface area contributed by atoms with Gasteiger partial charge in [0.1, 0.15) is 15.9 Å². The molecule has 0 spiro atoms. The minimum Gasteiger partial charge on any atom is -0.397 e. The van der Waals surface area contributed by atoms with Crippen LogP contribution in [0.15, 0.2) is 40.1 Å². The second kappa shape index (κ2) is 8.50. The number of aromatic nitrogens is 4. The van der Waals surface area contributed by atoms with Gasteiger partial charge in [-0.3, -0.25) is 0 Å². The fourth-order valence-electron chi connectivity index (χ4n) is 3.71. The summed E-state index contributed by atoms with van der Waals surface area (Å²) < 4.78 is 54.4. The summed E-state index contributed by atoms with van der Waals surface area (Å²) in [6.45, 7) is 1.02. The molecule has 3 aromatic rings. The Bertz CT molecular complexity index is 1460. The van der Waals surface area contributed by atoms with E-state index < -0.39 is 35.9 Å². The maximum absolute atomic E-state index is 13.2. The summed E-state index contributed by atoms with van der Waals surface area (Å²) in [6.07, 6.45) is 0.539. The number of nitrogens with one attached hydrogen (secondary N) is 3. The number of anilines is 1. The third-order valence-electron chi connectivity index (χ3n) is 5.16. The first-order valence-corrected chi connectivity index (χ1v) is 12.6. The summed E-state index contributed by atoms with van der Waals surface area (Å²) >= 11 is 0. The van der Waals surface area contributed by atoms with Gasteiger partial charge >= 0.3 is 0 Å². The Hall–Kier alpha value is -3.42. The van der Waals surface area contributed by atoms with E-state index in [2.05, 4.69) is 30.7 Å². The van der Waals surface area contributed by atoms with Crippen molar-refractivity contribution in [3.8, 4) is 28.6 Å². The summed E-state index contributed by atoms with van der Waals surface area (Å²) in [5.41, 5.74) is 6.58. The van der Waals surface area contributed by atoms with Crippen molar-refractivity contribution in [1.29, 1.82) is 5.26 Å². The number of primary sulfonamides is 1. The third kappa shape index (κ3) is 4.29. The zero-order valence-corrected chi connectivity index (χ0v) is 18.6. The maximum Gasteiger partial charge on any atom is 0.242 e. The third-order valence-corrected chi connectivity index (χ3v) is 7.85. The van der Waals surface area contributed by atoms with Crippen molar-refractivity contribution in [3.63, 3.8) is 0 Å². The summed E-state index contributed by atoms with van der Waals surface area (Å²) in [4.78, 5) is -1.27. The van der Waals surface area contributed by atoms with Crippen molar-refractivity contribution in [2.45, 2.75) is 22.3 Å². The van der Waals surface area contributed by atoms with Gasteiger partial charge in [0, 0.05) is 18.2 Å². The van der Waals surface area contributed by atoms with Crippen LogP contribution in [0.1, 0.15) is 12.0 Å². The van der Waals surface area contributed by atoms with Crippen LogP contribution >= 0.6 is 0 Å². The molecule has 1 fully saturated rings. The number of para-hydroxylation sites is 1. The lowest BCUT2D eigenvalue weighted by molar-refractivity contribution is 0.555. The SMILES string of the molecule is N#Cc1cccc(-c2ccc(S(=O)(=O)N[C@@H]3CCNC3)c(S(N)(=O)=O)c2-c2nn[nH]n2)c1N. The number of nitrogens with zero attached hydrogens (tertiary/aromatic N) is 4. The van der Waals surface area contributed by atoms with Crippen LogP contribution in [0.4, 0.5) is 5.69 Å². The Morgan fingerprint density at radius 2 is 1.94 bits per heavy atom. The normalized spacial score (nSPS) is 16.5. The molecule has 0 amide bonds. The van der Waals surface area contributed by atoms with Gasteiger partial charge in [-0.2, -0.15) is 10.5 Å². The highest BCUT2D eigenvalue weighted by atomic mass is 32.2. The van der Waals surface area contributed by atoms with E-state index in [4.69, 9.17) is 10.9 Å². The molecule has 0 aliphatic carbocycles. The summed E-state index contributed by atoms with van der Waals surface area (Å²) in [7, 11) is -8.94. The highest BCUT2D eigenvalue weighted by Gasteiger charge is 2.34. The molecule has 0 saturated carbocycles. The highest BCUT2D eigenvalue weighted by Crippen LogP contribution is 2.41. The minimum atomic E-state index is -4.63. The fraction of sp³-hybridized carbons (Fsp3) is 0.222. The molecule has 33 heavy (non-hydrogen) atoms. The number of rotatable bonds is 6. The second-order valence-electron chi connectivity index (χ2n) is 7.29. The van der Waals surface area contributed by atoms with Crippen LogP contribution in [0, 0.1) is 11.3 Å². The van der Waals surface area contributed by atoms with Crippen molar-refractivity contribution < 1.29 is 16.8 Å². The molecule has 0 unspecified atom stereocenters. The molecule has 15 heteroatoms. The molecule has 2 heterocycles. The molecule has 1 aromatic heterocycles. The summed E-state index contributed by atoms with van der Waals surface area (Å²) in [5, 5.41) is 31.2. The molecule has 2 aromatic carbocycles. The van der Waals surface area contributed by atoms with Gasteiger partial charge < -0.3 is 11.1 Å². The maximum atomic E-state index is 13.2. The number of nitriles is 1. The molecule has 13 nitrogen and oxygen atoms in total. The Balaban J connectivity index is 2.05. The standard InChI is InChI=1S/C18H19N9O4S2/c19-8-10-2-1-3-13(16(10)20)12-4-5-14(33(30,31)25-11-6-7-22-9-11)17(32(21,28)29)15(12)18-23-26-27-24-18/h1-5,11,22,25H,6-7,9,20H2,(H2,21,28,29)(H,23,24,26,27)/t11-/m1/s1. The molecule has 7 N–H and O–H groups in total. The molecule has 1 saturated heterocycles. The number of hydrogen-bond donors (Lipinski definition) is 5. The van der Waals surface area contributed by atoms with Crippen molar-refractivity contribution >= 4 is 25.7 Å². The van der Waals surface area contributed by atoms with Gasteiger partial charge in [0.25, 0.3) is 0 Å². The first kappa shape index (κ1) is 22.8. The number of aromatic amines is 1. The Kier molecular flexibility index (Phi) is 5.86. The average Bonchev–Trinajstić information content (AvgIpc) is 3.46. The van der Waals surface area contributed by atoms with Gasteiger partial charge in [-0.05, 0) is 35.9 Å². The van der Waals surface area contributed by atoms with Crippen molar-refractivity contribution in [3.05, 3.63) is 35.9 Å². The minimum absolute atomic E-state index is 0.0656. The number of tetrazole rings is 1. The van der Waals surface area contributed by atoms with Crippen molar-refractivity contribution in [2.24, 2.45) is 5.14 Å². The molecular formula is C18H19N9O4S2. The van der Waals surface area contributed by atoms with Crippen LogP contribution in [-0.2, 0) is 20.0 Å². The number of sulfonamides is 2. The van der Waals surface area contributed by atoms with Crippen LogP contribution < -0.4 is 20.9 Å². The first-order chi connectivity index (χ1) is 15.6. The lowest BCUT2D eigenvalue weighted by atomic mass is 9.96. The van der Waals surface area contributed by atoms with E-state index in [1.54, 1.807) is 12.1 Å². The first-order valence-electron chi connectivity index (χ1n) is 9.59. The molecule has 1 atom stereocenters. The highest BCUT2D eigenvalue weighted by molar-refractivity contribution is 7.92. The van der Waals surface area contributed by atoms with E-state index in [9.17, 15) is 22.1 Å². The Morgan fingerprint density at radius 3 is 2.55 bits per heavy atom. The number of hydrogen-bond acceptors (Lipinski definition) is 10. The van der Waals surface area contributed by atoms with E-state index in [-0.39, 0.29) is 33.8 Å². The van der Waals surface area contributed by atoms with E-state index in [0.717, 1.165) is 6.07 Å². The summed E-state index contributed by atoms with van der Waals surface area (Å²) in [6, 6.07) is 8.63. The predicted molar refractivity (Wildman–Crippen MR) is 117 cm³/mol. The number of nitrogens with two attached hydrogens (primary N) is 2. The second-order valence-corrected chi connectivity index (χ2v) is 10.5. The van der Waals surface area contributed by atoms with E-state index in [0.29, 0.717) is 19.5 Å². The smallest absolute Gasteiger partial charge is 0.242 e. The average molecular weight is 490 g/mol.